The first-order chi connectivity index (χ1) is 47.7. The number of hydrogen-bond donors (Lipinski definition) is 19. The molecule has 0 unspecified atom stereocenters. The maximum absolute atomic E-state index is 16.0. The number of likely N-dealkylation sites (N-methyl/N-ethyl adjacent to an activating group) is 1. The van der Waals surface area contributed by atoms with E-state index in [-0.39, 0.29) is 46.2 Å². The number of amides is 7. The minimum absolute atomic E-state index is 0.0975. The van der Waals surface area contributed by atoms with Crippen LogP contribution in [-0.2, 0) is 52.6 Å². The molecule has 542 valence electrons. The number of carbonyl (C=O) groups is 8. The summed E-state index contributed by atoms with van der Waals surface area (Å²) in [6, 6.07) is -0.679. The fourth-order valence-corrected chi connectivity index (χ4v) is 12.9. The molecule has 21 N–H and O–H groups in total. The molecule has 0 saturated carbocycles. The number of carbonyl (C=O) groups excluding carboxylic acids is 7. The Morgan fingerprint density at radius 2 is 1.32 bits per heavy atom. The van der Waals surface area contributed by atoms with Crippen molar-refractivity contribution >= 4 is 70.5 Å². The maximum atomic E-state index is 16.0. The predicted molar refractivity (Wildman–Crippen MR) is 349 cm³/mol. The van der Waals surface area contributed by atoms with Gasteiger partial charge in [-0.1, -0.05) is 55.2 Å². The quantitative estimate of drug-likeness (QED) is 0.0743. The van der Waals surface area contributed by atoms with Crippen LogP contribution in [0.4, 0.5) is 0 Å². The standard InChI is InChI=1S/C66H75Cl2N9O24/c1-23(2)12-34(71-5)58(88)76-49-51(83)26-7-10-38(32(67)14-26)97-40-16-28-17-41(55(40)101-65-56(54(86)53(85)42(22-78)99-65)100-44-21-66(4,70)57(87)24(3)96-44)98-39-11-8-27(15-33(39)68)52(84)50-63(93)75-48(64(94)95)31-18-29(79)19-37(81)45(31)30-13-25(6-9-36(30)80)46(60(90)77-50)74-61(91)47(28)73-59(89)35(20-43(69)82)72-62(49)92/h6-11,13-19,23-24,34-35,42,44,46-54,56-57,65,71,78-81,83-87H,12,20-22,70H2,1-5H3,(H2,69,82)(H,72,92)(H,73,89)(H,74,91)(H,75,93)(H,76,88)(H,77,90)(H,94,95)/t24-,34+,35-,42+,44-,46+,47+,48-,49+,50-,51+,52+,53+,54-,56+,57-,65-,66-/m0/s1. The van der Waals surface area contributed by atoms with Gasteiger partial charge in [0.15, 0.2) is 29.9 Å². The molecule has 7 aliphatic rings. The van der Waals surface area contributed by atoms with E-state index in [2.05, 4.69) is 37.2 Å². The SMILES string of the molecule is CN[C@H](CC(C)C)C(=O)N[C@H]1C(=O)N[C@@H](CC(N)=O)C(=O)N[C@H]2C(=O)N[C@H]3C(=O)N[C@H](C(=O)N[C@H](C(=O)O)c4cc(O)cc(O)c4-c4cc3ccc4O)[C@H](O)c3ccc(c(Cl)c3)Oc3cc2cc(c3O[C@@H]2O[C@H](CO)[C@@H](O)[C@H](O)[C@H]2O[C@H]2C[C@](C)(N)[C@@H](O)[C@H](C)O2)Oc2ccc(cc2Cl)[C@H]1O. The summed E-state index contributed by atoms with van der Waals surface area (Å²) >= 11 is 14.1. The third-order valence-corrected chi connectivity index (χ3v) is 18.4. The number of phenols is 3. The lowest BCUT2D eigenvalue weighted by atomic mass is 9.86. The smallest absolute Gasteiger partial charge is 0.330 e. The van der Waals surface area contributed by atoms with Crippen LogP contribution in [0.3, 0.4) is 0 Å². The lowest BCUT2D eigenvalue weighted by molar-refractivity contribution is -0.333. The zero-order valence-corrected chi connectivity index (χ0v) is 55.8. The molecule has 5 aromatic carbocycles. The van der Waals surface area contributed by atoms with Crippen LogP contribution in [0.2, 0.25) is 10.0 Å². The van der Waals surface area contributed by atoms with Gasteiger partial charge in [0.1, 0.15) is 89.5 Å². The number of carboxylic acids is 1. The van der Waals surface area contributed by atoms with E-state index >= 15 is 14.4 Å². The molecule has 5 aromatic rings. The van der Waals surface area contributed by atoms with Crippen LogP contribution < -0.4 is 62.9 Å². The molecule has 0 aromatic heterocycles. The molecule has 2 fully saturated rings. The van der Waals surface area contributed by atoms with E-state index in [1.807, 2.05) is 13.8 Å². The molecule has 2 saturated heterocycles. The lowest BCUT2D eigenvalue weighted by Crippen LogP contribution is -2.64. The molecule has 35 heteroatoms. The predicted octanol–water partition coefficient (Wildman–Crippen LogP) is 0.106. The van der Waals surface area contributed by atoms with Crippen LogP contribution in [0.5, 0.6) is 46.0 Å². The third-order valence-electron chi connectivity index (χ3n) is 17.8. The van der Waals surface area contributed by atoms with Gasteiger partial charge in [-0.05, 0) is 110 Å². The van der Waals surface area contributed by atoms with Gasteiger partial charge in [0.2, 0.25) is 53.4 Å². The van der Waals surface area contributed by atoms with E-state index in [1.54, 1.807) is 0 Å². The van der Waals surface area contributed by atoms with Crippen molar-refractivity contribution in [3.63, 3.8) is 0 Å². The van der Waals surface area contributed by atoms with E-state index < -0.39 is 237 Å². The highest BCUT2D eigenvalue weighted by atomic mass is 35.5. The molecular formula is C66H75Cl2N9O24. The molecule has 33 nitrogen and oxygen atoms in total. The fourth-order valence-electron chi connectivity index (χ4n) is 12.5. The van der Waals surface area contributed by atoms with Crippen molar-refractivity contribution in [2.24, 2.45) is 17.4 Å². The summed E-state index contributed by atoms with van der Waals surface area (Å²) in [5.74, 6) is -16.0. The molecule has 0 aliphatic carbocycles. The lowest BCUT2D eigenvalue weighted by Gasteiger charge is -2.47. The van der Waals surface area contributed by atoms with Gasteiger partial charge in [0, 0.05) is 34.7 Å². The van der Waals surface area contributed by atoms with Crippen molar-refractivity contribution in [2.75, 3.05) is 13.7 Å². The minimum atomic E-state index is -2.35. The summed E-state index contributed by atoms with van der Waals surface area (Å²) < 4.78 is 38.3. The average molecular weight is 1450 g/mol. The zero-order chi connectivity index (χ0) is 73.5. The highest BCUT2D eigenvalue weighted by Crippen LogP contribution is 2.50. The van der Waals surface area contributed by atoms with Gasteiger partial charge in [-0.3, -0.25) is 33.6 Å². The number of rotatable bonds is 13. The highest BCUT2D eigenvalue weighted by molar-refractivity contribution is 6.32. The number of nitrogens with two attached hydrogens (primary N) is 2. The van der Waals surface area contributed by atoms with Gasteiger partial charge in [0.05, 0.1) is 41.3 Å². The number of carboxylic acid groups (broad SMARTS) is 1. The molecule has 7 heterocycles. The largest absolute Gasteiger partial charge is 0.508 e. The normalized spacial score (nSPS) is 29.4. The number of benzene rings is 5. The highest BCUT2D eigenvalue weighted by Gasteiger charge is 2.51. The Labute approximate surface area is 584 Å². The first-order valence-electron chi connectivity index (χ1n) is 31.6. The van der Waals surface area contributed by atoms with Crippen LogP contribution in [0.15, 0.2) is 78.9 Å². The van der Waals surface area contributed by atoms with E-state index in [0.29, 0.717) is 0 Å². The number of aliphatic hydroxyl groups is 6. The van der Waals surface area contributed by atoms with E-state index in [9.17, 15) is 75.0 Å². The summed E-state index contributed by atoms with van der Waals surface area (Å²) in [5.41, 5.74) is 8.00. The summed E-state index contributed by atoms with van der Waals surface area (Å²) in [7, 11) is 1.47. The van der Waals surface area contributed by atoms with Crippen LogP contribution in [0.1, 0.15) is 105 Å². The van der Waals surface area contributed by atoms with Crippen molar-refractivity contribution in [3.05, 3.63) is 117 Å². The molecular weight excluding hydrogens is 1370 g/mol. The van der Waals surface area contributed by atoms with Gasteiger partial charge in [0.25, 0.3) is 0 Å². The maximum Gasteiger partial charge on any atom is 0.330 e. The van der Waals surface area contributed by atoms with Gasteiger partial charge < -0.3 is 128 Å². The van der Waals surface area contributed by atoms with Crippen molar-refractivity contribution in [2.45, 2.75) is 156 Å². The van der Waals surface area contributed by atoms with Crippen LogP contribution in [0.25, 0.3) is 11.1 Å². The monoisotopic (exact) mass is 1450 g/mol. The molecule has 11 bridgehead atoms. The second kappa shape index (κ2) is 30.2. The number of halogens is 2. The Hall–Kier alpha value is -9.20. The van der Waals surface area contributed by atoms with Crippen LogP contribution >= 0.6 is 23.2 Å². The van der Waals surface area contributed by atoms with Crippen molar-refractivity contribution in [3.8, 4) is 57.1 Å². The second-order valence-corrected chi connectivity index (χ2v) is 26.5. The van der Waals surface area contributed by atoms with Crippen LogP contribution in [-0.4, -0.2) is 191 Å². The van der Waals surface area contributed by atoms with Gasteiger partial charge in [-0.25, -0.2) is 4.79 Å². The Morgan fingerprint density at radius 3 is 1.90 bits per heavy atom. The van der Waals surface area contributed by atoms with Crippen molar-refractivity contribution in [1.29, 1.82) is 0 Å². The number of phenolic OH excluding ortho intramolecular Hbond substituents is 3. The van der Waals surface area contributed by atoms with Gasteiger partial charge in [-0.15, -0.1) is 0 Å². The fraction of sp³-hybridized carbons (Fsp3) is 0.424. The number of aliphatic hydroxyl groups excluding tert-OH is 6. The molecule has 12 rings (SSSR count). The summed E-state index contributed by atoms with van der Waals surface area (Å²) in [6.45, 7) is 5.66. The average Bonchev–Trinajstić information content (AvgIpc) is 0.775. The van der Waals surface area contributed by atoms with Gasteiger partial charge in [-0.2, -0.15) is 0 Å². The van der Waals surface area contributed by atoms with E-state index in [0.717, 1.165) is 66.7 Å². The minimum Gasteiger partial charge on any atom is -0.508 e. The number of hydrogen-bond acceptors (Lipinski definition) is 25. The Morgan fingerprint density at radius 1 is 0.713 bits per heavy atom. The van der Waals surface area contributed by atoms with E-state index in [1.165, 1.54) is 33.0 Å². The molecule has 101 heavy (non-hydrogen) atoms. The number of aromatic hydroxyl groups is 3. The third kappa shape index (κ3) is 15.8. The first kappa shape index (κ1) is 74.5. The number of primary amides is 1. The van der Waals surface area contributed by atoms with Gasteiger partial charge >= 0.3 is 5.97 Å². The second-order valence-electron chi connectivity index (χ2n) is 25.7. The molecule has 7 aliphatic heterocycles. The van der Waals surface area contributed by atoms with Crippen LogP contribution in [0, 0.1) is 5.92 Å². The molecule has 0 spiro atoms. The number of ether oxygens (including phenoxy) is 6. The number of aliphatic carboxylic acids is 1. The summed E-state index contributed by atoms with van der Waals surface area (Å²) in [5, 5.41) is 131. The van der Waals surface area contributed by atoms with Crippen molar-refractivity contribution in [1.82, 2.24) is 37.2 Å². The number of nitrogens with one attached hydrogen (secondary N) is 7. The topological polar surface area (TPSA) is 530 Å². The first-order valence-corrected chi connectivity index (χ1v) is 32.4. The molecule has 18 atom stereocenters. The Kier molecular flexibility index (Phi) is 22.2. The van der Waals surface area contributed by atoms with Crippen molar-refractivity contribution < 1.29 is 118 Å². The number of fused-ring (bicyclic) bond motifs is 15. The molecule has 7 amide bonds. The van der Waals surface area contributed by atoms with E-state index in [4.69, 9.17) is 63.1 Å². The Bertz CT molecular complexity index is 4070. The zero-order valence-electron chi connectivity index (χ0n) is 54.3. The summed E-state index contributed by atoms with van der Waals surface area (Å²) in [6.07, 6.45) is -18.6. The Balaban J connectivity index is 1.24. The summed E-state index contributed by atoms with van der Waals surface area (Å²) in [4.78, 5) is 117. The molecule has 0 radical (unpaired) electrons.